The Morgan fingerprint density at radius 1 is 1.80 bits per heavy atom. The molecule has 3 nitrogen and oxygen atoms in total. The third-order valence-corrected chi connectivity index (χ3v) is 2.27. The highest BCUT2D eigenvalue weighted by Gasteiger charge is 2.21. The van der Waals surface area contributed by atoms with Crippen LogP contribution in [0.3, 0.4) is 0 Å². The number of nitrogens with zero attached hydrogens (tertiary/aromatic N) is 1. The van der Waals surface area contributed by atoms with Crippen molar-refractivity contribution < 1.29 is 4.79 Å². The zero-order valence-corrected chi connectivity index (χ0v) is 6.68. The summed E-state index contributed by atoms with van der Waals surface area (Å²) in [7, 11) is 0. The summed E-state index contributed by atoms with van der Waals surface area (Å²) < 4.78 is 0. The first kappa shape index (κ1) is 7.88. The van der Waals surface area contributed by atoms with Crippen LogP contribution in [0, 0.1) is 0 Å². The predicted octanol–water partition coefficient (Wildman–Crippen LogP) is -0.177. The summed E-state index contributed by atoms with van der Waals surface area (Å²) in [5.74, 6) is -0.263. The number of carbonyl (C=O) groups excluding carboxylic acids is 1. The molecule has 0 saturated carbocycles. The lowest BCUT2D eigenvalue weighted by Gasteiger charge is -2.17. The smallest absolute Gasteiger partial charge is 0.231 e. The van der Waals surface area contributed by atoms with Crippen molar-refractivity contribution in [2.75, 3.05) is 13.1 Å². The number of amides is 1. The third-order valence-electron chi connectivity index (χ3n) is 1.69. The molecular formula is C6H12N2OS. The topological polar surface area (TPSA) is 46.3 Å². The molecule has 10 heavy (non-hydrogen) atoms. The van der Waals surface area contributed by atoms with Crippen LogP contribution in [0.2, 0.25) is 0 Å². The number of hydrogen-bond acceptors (Lipinski definition) is 3. The van der Waals surface area contributed by atoms with E-state index in [4.69, 9.17) is 5.73 Å². The first-order valence-electron chi connectivity index (χ1n) is 3.40. The fourth-order valence-electron chi connectivity index (χ4n) is 1.19. The molecule has 58 valence electrons. The average molecular weight is 160 g/mol. The highest BCUT2D eigenvalue weighted by Crippen LogP contribution is 2.18. The molecule has 0 bridgehead atoms. The van der Waals surface area contributed by atoms with Gasteiger partial charge in [0.2, 0.25) is 5.91 Å². The molecule has 2 N–H and O–H groups in total. The van der Waals surface area contributed by atoms with Crippen LogP contribution in [0.1, 0.15) is 12.8 Å². The normalized spacial score (nSPS) is 27.1. The lowest BCUT2D eigenvalue weighted by Crippen LogP contribution is -2.34. The molecule has 1 rings (SSSR count). The minimum absolute atomic E-state index is 0.243. The van der Waals surface area contributed by atoms with Gasteiger partial charge in [-0.25, -0.2) is 0 Å². The van der Waals surface area contributed by atoms with Gasteiger partial charge in [0, 0.05) is 0 Å². The molecule has 1 unspecified atom stereocenters. The maximum Gasteiger partial charge on any atom is 0.231 e. The zero-order chi connectivity index (χ0) is 7.56. The second-order valence-electron chi connectivity index (χ2n) is 2.56. The van der Waals surface area contributed by atoms with Crippen LogP contribution in [-0.2, 0) is 4.79 Å². The first-order chi connectivity index (χ1) is 4.70. The van der Waals surface area contributed by atoms with E-state index < -0.39 is 0 Å². The first-order valence-corrected chi connectivity index (χ1v) is 3.92. The van der Waals surface area contributed by atoms with Gasteiger partial charge < -0.3 is 5.73 Å². The minimum atomic E-state index is -0.263. The molecule has 0 radical (unpaired) electrons. The molecule has 0 aromatic heterocycles. The number of rotatable bonds is 2. The molecule has 0 aliphatic carbocycles. The largest absolute Gasteiger partial charge is 0.369 e. The van der Waals surface area contributed by atoms with Crippen LogP contribution in [0.15, 0.2) is 0 Å². The Kier molecular flexibility index (Phi) is 2.56. The van der Waals surface area contributed by atoms with Crippen LogP contribution in [0.25, 0.3) is 0 Å². The predicted molar refractivity (Wildman–Crippen MR) is 42.8 cm³/mol. The minimum Gasteiger partial charge on any atom is -0.369 e. The van der Waals surface area contributed by atoms with Crippen molar-refractivity contribution in [2.24, 2.45) is 5.73 Å². The van der Waals surface area contributed by atoms with Gasteiger partial charge in [0.25, 0.3) is 0 Å². The highest BCUT2D eigenvalue weighted by molar-refractivity contribution is 7.80. The molecule has 4 heteroatoms. The molecule has 1 atom stereocenters. The zero-order valence-electron chi connectivity index (χ0n) is 5.79. The number of likely N-dealkylation sites (tertiary alicyclic amines) is 1. The maximum atomic E-state index is 10.4. The Balaban J connectivity index is 2.33. The molecule has 1 aliphatic rings. The molecule has 1 saturated heterocycles. The van der Waals surface area contributed by atoms with Gasteiger partial charge in [-0.15, -0.1) is 0 Å². The number of primary amides is 1. The summed E-state index contributed by atoms with van der Waals surface area (Å²) >= 11 is 4.28. The summed E-state index contributed by atoms with van der Waals surface area (Å²) in [5, 5.41) is 0.243. The maximum absolute atomic E-state index is 10.4. The molecule has 1 heterocycles. The van der Waals surface area contributed by atoms with Crippen molar-refractivity contribution in [1.82, 2.24) is 4.90 Å². The number of carbonyl (C=O) groups is 1. The summed E-state index contributed by atoms with van der Waals surface area (Å²) in [6.45, 7) is 1.31. The average Bonchev–Trinajstić information content (AvgIpc) is 2.15. The van der Waals surface area contributed by atoms with E-state index in [-0.39, 0.29) is 11.3 Å². The Bertz CT molecular complexity index is 140. The van der Waals surface area contributed by atoms with Crippen LogP contribution in [0.5, 0.6) is 0 Å². The molecular weight excluding hydrogens is 148 g/mol. The van der Waals surface area contributed by atoms with E-state index in [1.165, 1.54) is 0 Å². The molecule has 0 spiro atoms. The molecule has 1 aliphatic heterocycles. The lowest BCUT2D eigenvalue weighted by atomic mass is 10.4. The summed E-state index contributed by atoms with van der Waals surface area (Å²) in [5.41, 5.74) is 5.02. The van der Waals surface area contributed by atoms with E-state index in [0.717, 1.165) is 19.4 Å². The summed E-state index contributed by atoms with van der Waals surface area (Å²) in [4.78, 5) is 12.4. The molecule has 0 aromatic rings. The van der Waals surface area contributed by atoms with Gasteiger partial charge in [0.1, 0.15) is 0 Å². The van der Waals surface area contributed by atoms with E-state index in [9.17, 15) is 4.79 Å². The Hall–Kier alpha value is -0.220. The van der Waals surface area contributed by atoms with Gasteiger partial charge in [-0.3, -0.25) is 9.69 Å². The van der Waals surface area contributed by atoms with Gasteiger partial charge >= 0.3 is 0 Å². The van der Waals surface area contributed by atoms with Gasteiger partial charge in [0.05, 0.1) is 11.9 Å². The third kappa shape index (κ3) is 1.88. The van der Waals surface area contributed by atoms with Crippen molar-refractivity contribution >= 4 is 18.5 Å². The molecule has 0 aromatic carbocycles. The van der Waals surface area contributed by atoms with E-state index >= 15 is 0 Å². The van der Waals surface area contributed by atoms with Crippen LogP contribution in [0.4, 0.5) is 0 Å². The van der Waals surface area contributed by atoms with E-state index in [1.54, 1.807) is 0 Å². The number of nitrogens with two attached hydrogens (primary N) is 1. The Labute approximate surface area is 66.0 Å². The Morgan fingerprint density at radius 2 is 2.50 bits per heavy atom. The van der Waals surface area contributed by atoms with Gasteiger partial charge in [-0.2, -0.15) is 12.6 Å². The second-order valence-corrected chi connectivity index (χ2v) is 3.16. The van der Waals surface area contributed by atoms with Crippen molar-refractivity contribution in [3.63, 3.8) is 0 Å². The molecule has 1 fully saturated rings. The van der Waals surface area contributed by atoms with E-state index in [2.05, 4.69) is 12.6 Å². The van der Waals surface area contributed by atoms with Gasteiger partial charge in [-0.1, -0.05) is 0 Å². The van der Waals surface area contributed by atoms with Crippen molar-refractivity contribution in [1.29, 1.82) is 0 Å². The van der Waals surface area contributed by atoms with Crippen molar-refractivity contribution in [3.05, 3.63) is 0 Å². The second kappa shape index (κ2) is 3.25. The highest BCUT2D eigenvalue weighted by atomic mass is 32.1. The van der Waals surface area contributed by atoms with Crippen LogP contribution in [-0.4, -0.2) is 29.3 Å². The number of thiol groups is 1. The van der Waals surface area contributed by atoms with Gasteiger partial charge in [0.15, 0.2) is 0 Å². The van der Waals surface area contributed by atoms with Crippen LogP contribution >= 0.6 is 12.6 Å². The number of hydrogen-bond donors (Lipinski definition) is 2. The quantitative estimate of drug-likeness (QED) is 0.551. The molecule has 1 amide bonds. The Morgan fingerprint density at radius 3 is 2.90 bits per heavy atom. The standard InChI is InChI=1S/C6H12N2OS/c7-5(9)4-8-3-1-2-6(8)10/h6,10H,1-4H2,(H2,7,9). The van der Waals surface area contributed by atoms with Gasteiger partial charge in [-0.05, 0) is 19.4 Å². The van der Waals surface area contributed by atoms with E-state index in [1.807, 2.05) is 4.90 Å². The lowest BCUT2D eigenvalue weighted by molar-refractivity contribution is -0.119. The fourth-order valence-corrected chi connectivity index (χ4v) is 1.57. The summed E-state index contributed by atoms with van der Waals surface area (Å²) in [6.07, 6.45) is 2.19. The van der Waals surface area contributed by atoms with Crippen LogP contribution < -0.4 is 5.73 Å². The van der Waals surface area contributed by atoms with Crippen molar-refractivity contribution in [3.8, 4) is 0 Å². The monoisotopic (exact) mass is 160 g/mol. The van der Waals surface area contributed by atoms with Crippen molar-refractivity contribution in [2.45, 2.75) is 18.2 Å². The fraction of sp³-hybridized carbons (Fsp3) is 0.833. The van der Waals surface area contributed by atoms with E-state index in [0.29, 0.717) is 6.54 Å². The SMILES string of the molecule is NC(=O)CN1CCCC1S. The summed E-state index contributed by atoms with van der Waals surface area (Å²) in [6, 6.07) is 0.